The predicted molar refractivity (Wildman–Crippen MR) is 114 cm³/mol. The maximum atomic E-state index is 12.3. The van der Waals surface area contributed by atoms with E-state index in [9.17, 15) is 4.79 Å². The van der Waals surface area contributed by atoms with Gasteiger partial charge in [-0.05, 0) is 56.2 Å². The van der Waals surface area contributed by atoms with Crippen molar-refractivity contribution in [1.82, 2.24) is 5.32 Å². The van der Waals surface area contributed by atoms with Crippen LogP contribution in [-0.2, 0) is 16.1 Å². The monoisotopic (exact) mass is 424 g/mol. The molecular formula is C21H26Cl2N2O3. The van der Waals surface area contributed by atoms with E-state index in [-0.39, 0.29) is 18.2 Å². The number of nitrogens with one attached hydrogen (secondary N) is 2. The van der Waals surface area contributed by atoms with Crippen molar-refractivity contribution >= 4 is 34.9 Å². The van der Waals surface area contributed by atoms with Gasteiger partial charge in [0.2, 0.25) is 0 Å². The van der Waals surface area contributed by atoms with E-state index in [0.29, 0.717) is 35.6 Å². The van der Waals surface area contributed by atoms with E-state index in [4.69, 9.17) is 32.7 Å². The van der Waals surface area contributed by atoms with Gasteiger partial charge < -0.3 is 20.1 Å². The Morgan fingerprint density at radius 2 is 1.86 bits per heavy atom. The number of amides is 2. The lowest BCUT2D eigenvalue weighted by Crippen LogP contribution is -2.31. The Kier molecular flexibility index (Phi) is 9.06. The fourth-order valence-electron chi connectivity index (χ4n) is 2.57. The van der Waals surface area contributed by atoms with E-state index >= 15 is 0 Å². The molecule has 0 heterocycles. The Morgan fingerprint density at radius 1 is 1.07 bits per heavy atom. The molecule has 2 aromatic carbocycles. The van der Waals surface area contributed by atoms with Crippen LogP contribution in [0, 0.1) is 0 Å². The van der Waals surface area contributed by atoms with E-state index in [1.54, 1.807) is 18.2 Å². The number of halogens is 2. The molecule has 0 aromatic heterocycles. The van der Waals surface area contributed by atoms with Crippen molar-refractivity contribution in [2.75, 3.05) is 18.5 Å². The van der Waals surface area contributed by atoms with Crippen molar-refractivity contribution in [3.8, 4) is 0 Å². The van der Waals surface area contributed by atoms with Crippen LogP contribution in [0.2, 0.25) is 10.0 Å². The van der Waals surface area contributed by atoms with Gasteiger partial charge in [0, 0.05) is 15.7 Å². The van der Waals surface area contributed by atoms with Crippen LogP contribution >= 0.6 is 23.2 Å². The van der Waals surface area contributed by atoms with Crippen LogP contribution in [0.1, 0.15) is 37.9 Å². The van der Waals surface area contributed by atoms with Crippen LogP contribution in [0.5, 0.6) is 0 Å². The van der Waals surface area contributed by atoms with Crippen LogP contribution in [0.3, 0.4) is 0 Å². The summed E-state index contributed by atoms with van der Waals surface area (Å²) in [5, 5.41) is 6.77. The van der Waals surface area contributed by atoms with Gasteiger partial charge in [-0.2, -0.15) is 0 Å². The maximum absolute atomic E-state index is 12.3. The highest BCUT2D eigenvalue weighted by Crippen LogP contribution is 2.26. The molecule has 2 rings (SSSR count). The molecule has 0 aliphatic carbocycles. The van der Waals surface area contributed by atoms with Gasteiger partial charge in [0.05, 0.1) is 32.0 Å². The minimum Gasteiger partial charge on any atom is -0.376 e. The lowest BCUT2D eigenvalue weighted by molar-refractivity contribution is 0.0143. The van der Waals surface area contributed by atoms with E-state index in [2.05, 4.69) is 10.6 Å². The quantitative estimate of drug-likeness (QED) is 0.498. The van der Waals surface area contributed by atoms with E-state index in [0.717, 1.165) is 11.1 Å². The summed E-state index contributed by atoms with van der Waals surface area (Å²) in [6.45, 7) is 7.37. The van der Waals surface area contributed by atoms with Gasteiger partial charge in [-0.3, -0.25) is 0 Å². The average Bonchev–Trinajstić information content (AvgIpc) is 2.61. The first-order valence-corrected chi connectivity index (χ1v) is 9.91. The third-order valence-electron chi connectivity index (χ3n) is 3.91. The predicted octanol–water partition coefficient (Wildman–Crippen LogP) is 5.82. The van der Waals surface area contributed by atoms with E-state index < -0.39 is 0 Å². The molecule has 0 bridgehead atoms. The smallest absolute Gasteiger partial charge is 0.319 e. The molecule has 0 aliphatic rings. The van der Waals surface area contributed by atoms with Crippen molar-refractivity contribution < 1.29 is 14.3 Å². The molecule has 2 N–H and O–H groups in total. The molecule has 2 amide bonds. The summed E-state index contributed by atoms with van der Waals surface area (Å²) >= 11 is 12.1. The molecule has 0 saturated heterocycles. The topological polar surface area (TPSA) is 59.6 Å². The van der Waals surface area contributed by atoms with Crippen molar-refractivity contribution in [2.24, 2.45) is 0 Å². The van der Waals surface area contributed by atoms with Crippen LogP contribution in [0.25, 0.3) is 0 Å². The number of benzene rings is 2. The second-order valence-corrected chi connectivity index (χ2v) is 7.50. The Labute approximate surface area is 176 Å². The number of hydrogen-bond donors (Lipinski definition) is 2. The van der Waals surface area contributed by atoms with Crippen molar-refractivity contribution in [2.45, 2.75) is 39.5 Å². The zero-order valence-electron chi connectivity index (χ0n) is 16.3. The summed E-state index contributed by atoms with van der Waals surface area (Å²) in [7, 11) is 0. The third-order valence-corrected chi connectivity index (χ3v) is 4.47. The minimum atomic E-state index is -0.318. The van der Waals surface area contributed by atoms with E-state index in [1.807, 2.05) is 45.0 Å². The Balaban J connectivity index is 1.84. The number of carbonyl (C=O) groups is 1. The van der Waals surface area contributed by atoms with Gasteiger partial charge in [0.25, 0.3) is 0 Å². The van der Waals surface area contributed by atoms with Gasteiger partial charge in [-0.15, -0.1) is 0 Å². The molecule has 152 valence electrons. The highest BCUT2D eigenvalue weighted by atomic mass is 35.5. The minimum absolute atomic E-state index is 0.194. The molecule has 28 heavy (non-hydrogen) atoms. The Hall–Kier alpha value is -1.79. The normalized spacial score (nSPS) is 12.1. The zero-order chi connectivity index (χ0) is 20.5. The molecule has 7 heteroatoms. The molecular weight excluding hydrogens is 399 g/mol. The summed E-state index contributed by atoms with van der Waals surface area (Å²) in [5.74, 6) is 0. The summed E-state index contributed by atoms with van der Waals surface area (Å²) < 4.78 is 11.0. The fourth-order valence-corrected chi connectivity index (χ4v) is 3.14. The van der Waals surface area contributed by atoms with Gasteiger partial charge in [-0.25, -0.2) is 4.79 Å². The second kappa shape index (κ2) is 11.3. The molecule has 1 unspecified atom stereocenters. The molecule has 2 aromatic rings. The molecule has 0 aliphatic heterocycles. The zero-order valence-corrected chi connectivity index (χ0v) is 17.8. The summed E-state index contributed by atoms with van der Waals surface area (Å²) in [5.41, 5.74) is 2.45. The summed E-state index contributed by atoms with van der Waals surface area (Å²) in [4.78, 5) is 12.3. The first-order chi connectivity index (χ1) is 13.3. The fraction of sp³-hybridized carbons (Fsp3) is 0.381. The number of hydrogen-bond acceptors (Lipinski definition) is 3. The largest absolute Gasteiger partial charge is 0.376 e. The van der Waals surface area contributed by atoms with Gasteiger partial charge in [0.1, 0.15) is 0 Å². The van der Waals surface area contributed by atoms with Crippen molar-refractivity contribution in [3.63, 3.8) is 0 Å². The molecule has 0 fully saturated rings. The molecule has 1 atom stereocenters. The SMILES string of the molecule is CC(C)OCCOCc1cccc(NC(=O)NC(C)c2ccc(Cl)cc2Cl)c1. The highest BCUT2D eigenvalue weighted by molar-refractivity contribution is 6.35. The van der Waals surface area contributed by atoms with Gasteiger partial charge in [0.15, 0.2) is 0 Å². The lowest BCUT2D eigenvalue weighted by Gasteiger charge is -2.17. The number of ether oxygens (including phenoxy) is 2. The summed E-state index contributed by atoms with van der Waals surface area (Å²) in [6, 6.07) is 12.1. The molecule has 0 saturated carbocycles. The number of anilines is 1. The standard InChI is InChI=1S/C21H26Cl2N2O3/c1-14(2)28-10-9-27-13-16-5-4-6-18(11-16)25-21(26)24-15(3)19-8-7-17(22)12-20(19)23/h4-8,11-12,14-15H,9-10,13H2,1-3H3,(H2,24,25,26). The number of carbonyl (C=O) groups excluding carboxylic acids is 1. The Bertz CT molecular complexity index is 784. The molecule has 5 nitrogen and oxygen atoms in total. The van der Waals surface area contributed by atoms with Gasteiger partial charge >= 0.3 is 6.03 Å². The van der Waals surface area contributed by atoms with Crippen LogP contribution in [0.15, 0.2) is 42.5 Å². The third kappa shape index (κ3) is 7.68. The van der Waals surface area contributed by atoms with Crippen molar-refractivity contribution in [3.05, 3.63) is 63.6 Å². The molecule has 0 radical (unpaired) electrons. The van der Waals surface area contributed by atoms with Gasteiger partial charge in [-0.1, -0.05) is 41.4 Å². The number of urea groups is 1. The number of rotatable bonds is 9. The lowest BCUT2D eigenvalue weighted by atomic mass is 10.1. The van der Waals surface area contributed by atoms with E-state index in [1.165, 1.54) is 0 Å². The van der Waals surface area contributed by atoms with Crippen molar-refractivity contribution in [1.29, 1.82) is 0 Å². The Morgan fingerprint density at radius 3 is 2.57 bits per heavy atom. The summed E-state index contributed by atoms with van der Waals surface area (Å²) in [6.07, 6.45) is 0.194. The molecule has 0 spiro atoms. The van der Waals surface area contributed by atoms with Crippen LogP contribution in [-0.4, -0.2) is 25.3 Å². The highest BCUT2D eigenvalue weighted by Gasteiger charge is 2.13. The maximum Gasteiger partial charge on any atom is 0.319 e. The first kappa shape index (κ1) is 22.5. The average molecular weight is 425 g/mol. The second-order valence-electron chi connectivity index (χ2n) is 6.66. The van der Waals surface area contributed by atoms with Crippen LogP contribution < -0.4 is 10.6 Å². The first-order valence-electron chi connectivity index (χ1n) is 9.16. The van der Waals surface area contributed by atoms with Crippen LogP contribution in [0.4, 0.5) is 10.5 Å².